The fourth-order valence-corrected chi connectivity index (χ4v) is 2.72. The summed E-state index contributed by atoms with van der Waals surface area (Å²) in [6.07, 6.45) is 4.37. The molecule has 5 heteroatoms. The van der Waals surface area contributed by atoms with Crippen molar-refractivity contribution in [2.75, 3.05) is 13.7 Å². The summed E-state index contributed by atoms with van der Waals surface area (Å²) in [5, 5.41) is 9.35. The summed E-state index contributed by atoms with van der Waals surface area (Å²) in [5.41, 5.74) is 1.66. The molecule has 1 aliphatic rings. The molecule has 1 heterocycles. The van der Waals surface area contributed by atoms with Crippen molar-refractivity contribution in [3.05, 3.63) is 46.5 Å². The highest BCUT2D eigenvalue weighted by Gasteiger charge is 2.34. The van der Waals surface area contributed by atoms with Crippen molar-refractivity contribution in [3.8, 4) is 11.8 Å². The maximum absolute atomic E-state index is 12.8. The fourth-order valence-electron chi connectivity index (χ4n) is 2.72. The lowest BCUT2D eigenvalue weighted by atomic mass is 9.93. The van der Waals surface area contributed by atoms with Crippen LogP contribution in [0.3, 0.4) is 0 Å². The zero-order valence-corrected chi connectivity index (χ0v) is 14.8. The zero-order valence-electron chi connectivity index (χ0n) is 14.8. The van der Waals surface area contributed by atoms with Crippen LogP contribution in [0.2, 0.25) is 0 Å². The summed E-state index contributed by atoms with van der Waals surface area (Å²) in [6.45, 7) is 4.04. The van der Waals surface area contributed by atoms with Crippen molar-refractivity contribution in [3.63, 3.8) is 0 Å². The highest BCUT2D eigenvalue weighted by molar-refractivity contribution is 6.19. The Morgan fingerprint density at radius 3 is 2.40 bits per heavy atom. The number of imide groups is 1. The quantitative estimate of drug-likeness (QED) is 0.452. The Labute approximate surface area is 148 Å². The largest absolute Gasteiger partial charge is 0.497 e. The highest BCUT2D eigenvalue weighted by Crippen LogP contribution is 2.27. The summed E-state index contributed by atoms with van der Waals surface area (Å²) in [4.78, 5) is 26.4. The van der Waals surface area contributed by atoms with Gasteiger partial charge in [0.1, 0.15) is 17.4 Å². The van der Waals surface area contributed by atoms with Crippen molar-refractivity contribution in [2.24, 2.45) is 0 Å². The van der Waals surface area contributed by atoms with Gasteiger partial charge in [0.05, 0.1) is 7.11 Å². The molecule has 130 valence electrons. The van der Waals surface area contributed by atoms with Crippen LogP contribution < -0.4 is 4.74 Å². The first-order valence-electron chi connectivity index (χ1n) is 8.36. The summed E-state index contributed by atoms with van der Waals surface area (Å²) in [6, 6.07) is 9.21. The molecule has 1 aromatic rings. The lowest BCUT2D eigenvalue weighted by molar-refractivity contribution is -0.140. The van der Waals surface area contributed by atoms with Gasteiger partial charge in [0.25, 0.3) is 11.8 Å². The number of unbranched alkanes of at least 4 members (excludes halogenated alkanes) is 2. The van der Waals surface area contributed by atoms with Crippen LogP contribution in [-0.2, 0) is 9.59 Å². The van der Waals surface area contributed by atoms with Gasteiger partial charge >= 0.3 is 0 Å². The number of methoxy groups -OCH3 is 1. The second-order valence-corrected chi connectivity index (χ2v) is 5.91. The van der Waals surface area contributed by atoms with Crippen molar-refractivity contribution >= 4 is 17.9 Å². The Bertz CT molecular complexity index is 767. The molecule has 0 bridgehead atoms. The molecule has 0 saturated carbocycles. The van der Waals surface area contributed by atoms with E-state index in [1.165, 1.54) is 4.90 Å². The molecule has 25 heavy (non-hydrogen) atoms. The van der Waals surface area contributed by atoms with Crippen molar-refractivity contribution in [2.45, 2.75) is 33.1 Å². The third kappa shape index (κ3) is 3.97. The van der Waals surface area contributed by atoms with Gasteiger partial charge < -0.3 is 4.74 Å². The molecular formula is C20H22N2O3. The maximum atomic E-state index is 12.8. The minimum absolute atomic E-state index is 0.0378. The molecule has 2 amide bonds. The Hall–Kier alpha value is -2.87. The van der Waals surface area contributed by atoms with Gasteiger partial charge in [-0.05, 0) is 42.7 Å². The average molecular weight is 338 g/mol. The van der Waals surface area contributed by atoms with Crippen LogP contribution in [-0.4, -0.2) is 30.4 Å². The lowest BCUT2D eigenvalue weighted by Crippen LogP contribution is -2.43. The van der Waals surface area contributed by atoms with Gasteiger partial charge in [-0.3, -0.25) is 14.5 Å². The molecule has 0 N–H and O–H groups in total. The van der Waals surface area contributed by atoms with Crippen molar-refractivity contribution in [1.82, 2.24) is 4.90 Å². The number of benzene rings is 1. The summed E-state index contributed by atoms with van der Waals surface area (Å²) >= 11 is 0. The number of amides is 2. The molecule has 0 atom stereocenters. The van der Waals surface area contributed by atoms with E-state index in [2.05, 4.69) is 6.92 Å². The minimum atomic E-state index is -0.493. The number of rotatable bonds is 6. The Kier molecular flexibility index (Phi) is 6.13. The van der Waals surface area contributed by atoms with Gasteiger partial charge in [-0.25, -0.2) is 0 Å². The zero-order chi connectivity index (χ0) is 18.4. The van der Waals surface area contributed by atoms with Crippen LogP contribution in [0.15, 0.2) is 41.0 Å². The van der Waals surface area contributed by atoms with Crippen LogP contribution in [0.25, 0.3) is 6.08 Å². The third-order valence-corrected chi connectivity index (χ3v) is 4.24. The first kappa shape index (κ1) is 18.5. The first-order chi connectivity index (χ1) is 12.0. The monoisotopic (exact) mass is 338 g/mol. The van der Waals surface area contributed by atoms with Gasteiger partial charge in [0.2, 0.25) is 0 Å². The SMILES string of the molecule is CCCCCN1C(=O)C(C#N)=C(C)/C(=C\c2ccc(OC)cc2)C1=O. The van der Waals surface area contributed by atoms with Gasteiger partial charge in [0.15, 0.2) is 0 Å². The number of hydrogen-bond acceptors (Lipinski definition) is 4. The second-order valence-electron chi connectivity index (χ2n) is 5.91. The molecule has 0 aliphatic carbocycles. The van der Waals surface area contributed by atoms with Gasteiger partial charge in [0, 0.05) is 12.1 Å². The van der Waals surface area contributed by atoms with E-state index < -0.39 is 5.91 Å². The number of nitrogens with zero attached hydrogens (tertiary/aromatic N) is 2. The predicted molar refractivity (Wildman–Crippen MR) is 95.5 cm³/mol. The molecular weight excluding hydrogens is 316 g/mol. The maximum Gasteiger partial charge on any atom is 0.271 e. The fraction of sp³-hybridized carbons (Fsp3) is 0.350. The second kappa shape index (κ2) is 8.29. The van der Waals surface area contributed by atoms with Gasteiger partial charge in [-0.2, -0.15) is 5.26 Å². The third-order valence-electron chi connectivity index (χ3n) is 4.24. The number of hydrogen-bond donors (Lipinski definition) is 0. The van der Waals surface area contributed by atoms with Gasteiger partial charge in [-0.15, -0.1) is 0 Å². The normalized spacial score (nSPS) is 16.4. The molecule has 2 rings (SSSR count). The predicted octanol–water partition coefficient (Wildman–Crippen LogP) is 3.48. The number of nitriles is 1. The number of carbonyl (C=O) groups is 2. The first-order valence-corrected chi connectivity index (χ1v) is 8.36. The van der Waals surface area contributed by atoms with Crippen LogP contribution in [0.4, 0.5) is 0 Å². The Morgan fingerprint density at radius 1 is 1.16 bits per heavy atom. The summed E-state index contributed by atoms with van der Waals surface area (Å²) < 4.78 is 5.13. The molecule has 5 nitrogen and oxygen atoms in total. The summed E-state index contributed by atoms with van der Waals surface area (Å²) in [5.74, 6) is -0.111. The van der Waals surface area contributed by atoms with Crippen molar-refractivity contribution in [1.29, 1.82) is 5.26 Å². The van der Waals surface area contributed by atoms with E-state index >= 15 is 0 Å². The van der Waals surface area contributed by atoms with E-state index in [0.29, 0.717) is 17.7 Å². The van der Waals surface area contributed by atoms with Crippen LogP contribution >= 0.6 is 0 Å². The summed E-state index contributed by atoms with van der Waals surface area (Å²) in [7, 11) is 1.59. The standard InChI is InChI=1S/C20H22N2O3/c1-4-5-6-11-22-19(23)17(14(2)18(13-21)20(22)24)12-15-7-9-16(25-3)10-8-15/h7-10,12H,4-6,11H2,1-3H3/b17-12+. The topological polar surface area (TPSA) is 70.4 Å². The van der Waals surface area contributed by atoms with Crippen LogP contribution in [0.5, 0.6) is 5.75 Å². The molecule has 0 fully saturated rings. The van der Waals surface area contributed by atoms with E-state index in [4.69, 9.17) is 4.74 Å². The van der Waals surface area contributed by atoms with E-state index in [1.807, 2.05) is 18.2 Å². The number of carbonyl (C=O) groups excluding carboxylic acids is 2. The average Bonchev–Trinajstić information content (AvgIpc) is 2.62. The molecule has 1 aliphatic heterocycles. The molecule has 0 aromatic heterocycles. The molecule has 0 radical (unpaired) electrons. The smallest absolute Gasteiger partial charge is 0.271 e. The molecule has 0 saturated heterocycles. The number of ether oxygens (including phenoxy) is 1. The molecule has 1 aromatic carbocycles. The molecule has 0 unspecified atom stereocenters. The lowest BCUT2D eigenvalue weighted by Gasteiger charge is -2.27. The van der Waals surface area contributed by atoms with Crippen LogP contribution in [0.1, 0.15) is 38.7 Å². The highest BCUT2D eigenvalue weighted by atomic mass is 16.5. The van der Waals surface area contributed by atoms with Crippen LogP contribution in [0, 0.1) is 11.3 Å². The minimum Gasteiger partial charge on any atom is -0.497 e. The Morgan fingerprint density at radius 2 is 1.84 bits per heavy atom. The van der Waals surface area contributed by atoms with E-state index in [0.717, 1.165) is 30.6 Å². The van der Waals surface area contributed by atoms with E-state index in [-0.39, 0.29) is 11.5 Å². The van der Waals surface area contributed by atoms with E-state index in [9.17, 15) is 14.9 Å². The molecule has 0 spiro atoms. The Balaban J connectivity index is 2.41. The van der Waals surface area contributed by atoms with E-state index in [1.54, 1.807) is 32.2 Å². The van der Waals surface area contributed by atoms with Gasteiger partial charge in [-0.1, -0.05) is 31.9 Å². The van der Waals surface area contributed by atoms with Crippen molar-refractivity contribution < 1.29 is 14.3 Å².